The predicted octanol–water partition coefficient (Wildman–Crippen LogP) is -0.00770. The second kappa shape index (κ2) is 3.76. The van der Waals surface area contributed by atoms with E-state index in [-0.39, 0.29) is 6.54 Å². The molecule has 0 bridgehead atoms. The third kappa shape index (κ3) is 1.96. The summed E-state index contributed by atoms with van der Waals surface area (Å²) < 4.78 is 36.3. The lowest BCUT2D eigenvalue weighted by Gasteiger charge is -2.07. The highest BCUT2D eigenvalue weighted by Crippen LogP contribution is 2.53. The number of hydrogen-bond acceptors (Lipinski definition) is 4. The lowest BCUT2D eigenvalue weighted by Crippen LogP contribution is -2.38. The van der Waals surface area contributed by atoms with Crippen molar-refractivity contribution in [3.63, 3.8) is 0 Å². The molecule has 3 atom stereocenters. The molecule has 17 heavy (non-hydrogen) atoms. The normalized spacial score (nSPS) is 32.5. The molecule has 0 saturated heterocycles. The number of sulfone groups is 1. The molecule has 1 aromatic carbocycles. The van der Waals surface area contributed by atoms with Crippen LogP contribution >= 0.6 is 0 Å². The fraction of sp³-hybridized carbons (Fsp3) is 0.455. The summed E-state index contributed by atoms with van der Waals surface area (Å²) >= 11 is 0. The van der Waals surface area contributed by atoms with Gasteiger partial charge < -0.3 is 11.5 Å². The van der Waals surface area contributed by atoms with E-state index in [9.17, 15) is 12.8 Å². The summed E-state index contributed by atoms with van der Waals surface area (Å²) in [5.74, 6) is -0.820. The minimum atomic E-state index is -3.29. The van der Waals surface area contributed by atoms with Crippen molar-refractivity contribution in [3.05, 3.63) is 35.6 Å². The summed E-state index contributed by atoms with van der Waals surface area (Å²) in [7, 11) is -3.29. The lowest BCUT2D eigenvalue weighted by molar-refractivity contribution is 0.591. The molecule has 4 N–H and O–H groups in total. The molecule has 2 rings (SSSR count). The molecule has 1 fully saturated rings. The fourth-order valence-corrected chi connectivity index (χ4v) is 4.36. The molecule has 1 aromatic rings. The van der Waals surface area contributed by atoms with Gasteiger partial charge in [-0.15, -0.1) is 0 Å². The van der Waals surface area contributed by atoms with Crippen molar-refractivity contribution < 1.29 is 12.8 Å². The Bertz CT molecular complexity index is 546. The Morgan fingerprint density at radius 2 is 2.12 bits per heavy atom. The van der Waals surface area contributed by atoms with Gasteiger partial charge in [-0.3, -0.25) is 0 Å². The summed E-state index contributed by atoms with van der Waals surface area (Å²) in [6.07, 6.45) is 1.13. The van der Waals surface area contributed by atoms with Crippen molar-refractivity contribution in [3.8, 4) is 0 Å². The Labute approximate surface area is 99.7 Å². The molecule has 1 saturated carbocycles. The Kier molecular flexibility index (Phi) is 2.76. The van der Waals surface area contributed by atoms with Gasteiger partial charge in [-0.1, -0.05) is 12.1 Å². The van der Waals surface area contributed by atoms with Gasteiger partial charge in [0.15, 0.2) is 9.84 Å². The van der Waals surface area contributed by atoms with Crippen molar-refractivity contribution in [1.29, 1.82) is 0 Å². The van der Waals surface area contributed by atoms with E-state index in [1.54, 1.807) is 12.1 Å². The van der Waals surface area contributed by atoms with E-state index in [2.05, 4.69) is 0 Å². The summed E-state index contributed by atoms with van der Waals surface area (Å²) in [6, 6.07) is 5.84. The first-order chi connectivity index (χ1) is 7.80. The lowest BCUT2D eigenvalue weighted by atomic mass is 10.1. The predicted molar refractivity (Wildman–Crippen MR) is 63.7 cm³/mol. The van der Waals surface area contributed by atoms with Crippen LogP contribution < -0.4 is 11.5 Å². The molecule has 0 radical (unpaired) electrons. The van der Waals surface area contributed by atoms with E-state index in [0.717, 1.165) is 6.26 Å². The van der Waals surface area contributed by atoms with Gasteiger partial charge in [0.25, 0.3) is 0 Å². The van der Waals surface area contributed by atoms with E-state index in [1.807, 2.05) is 0 Å². The van der Waals surface area contributed by atoms with Crippen LogP contribution in [-0.4, -0.2) is 32.0 Å². The van der Waals surface area contributed by atoms with Gasteiger partial charge in [0, 0.05) is 18.7 Å². The van der Waals surface area contributed by atoms with E-state index in [0.29, 0.717) is 5.56 Å². The smallest absolute Gasteiger partial charge is 0.152 e. The van der Waals surface area contributed by atoms with Gasteiger partial charge in [-0.2, -0.15) is 0 Å². The van der Waals surface area contributed by atoms with Crippen LogP contribution in [0.4, 0.5) is 4.39 Å². The number of benzene rings is 1. The standard InChI is InChI=1S/C11H15FN2O2S/c1-17(15,16)10-9(11(10,14)6-13)7-3-2-4-8(12)5-7/h2-5,9-10H,6,13-14H2,1H3/t9-,10-,11+/m1/s1. The van der Waals surface area contributed by atoms with Crippen molar-refractivity contribution in [2.24, 2.45) is 11.5 Å². The zero-order valence-corrected chi connectivity index (χ0v) is 10.2. The van der Waals surface area contributed by atoms with Crippen molar-refractivity contribution in [1.82, 2.24) is 0 Å². The largest absolute Gasteiger partial charge is 0.329 e. The molecule has 0 aliphatic heterocycles. The molecule has 94 valence electrons. The van der Waals surface area contributed by atoms with Crippen LogP contribution in [0.1, 0.15) is 11.5 Å². The first-order valence-corrected chi connectivity index (χ1v) is 7.19. The molecule has 0 aromatic heterocycles. The molecular formula is C11H15FN2O2S. The van der Waals surface area contributed by atoms with Crippen molar-refractivity contribution in [2.75, 3.05) is 12.8 Å². The average Bonchev–Trinajstić information content (AvgIpc) is 2.86. The molecule has 0 heterocycles. The number of rotatable bonds is 3. The Morgan fingerprint density at radius 1 is 1.47 bits per heavy atom. The van der Waals surface area contributed by atoms with Crippen LogP contribution in [0, 0.1) is 5.82 Å². The minimum absolute atomic E-state index is 0.0614. The van der Waals surface area contributed by atoms with Crippen LogP contribution in [0.3, 0.4) is 0 Å². The van der Waals surface area contributed by atoms with E-state index in [4.69, 9.17) is 11.5 Å². The first-order valence-electron chi connectivity index (χ1n) is 5.24. The zero-order valence-electron chi connectivity index (χ0n) is 9.43. The summed E-state index contributed by atoms with van der Waals surface area (Å²) in [4.78, 5) is 0. The minimum Gasteiger partial charge on any atom is -0.329 e. The van der Waals surface area contributed by atoms with Gasteiger partial charge in [0.05, 0.1) is 10.8 Å². The van der Waals surface area contributed by atoms with Crippen LogP contribution in [0.15, 0.2) is 24.3 Å². The quantitative estimate of drug-likeness (QED) is 0.798. The van der Waals surface area contributed by atoms with Crippen LogP contribution in [-0.2, 0) is 9.84 Å². The van der Waals surface area contributed by atoms with Gasteiger partial charge in [-0.05, 0) is 17.7 Å². The van der Waals surface area contributed by atoms with Gasteiger partial charge in [-0.25, -0.2) is 12.8 Å². The monoisotopic (exact) mass is 258 g/mol. The average molecular weight is 258 g/mol. The van der Waals surface area contributed by atoms with E-state index >= 15 is 0 Å². The second-order valence-corrected chi connectivity index (χ2v) is 6.77. The highest BCUT2D eigenvalue weighted by molar-refractivity contribution is 7.91. The molecular weight excluding hydrogens is 243 g/mol. The summed E-state index contributed by atoms with van der Waals surface area (Å²) in [5.41, 5.74) is 11.1. The Hall–Kier alpha value is -0.980. The number of hydrogen-bond donors (Lipinski definition) is 2. The molecule has 0 amide bonds. The van der Waals surface area contributed by atoms with Gasteiger partial charge in [0.2, 0.25) is 0 Å². The topological polar surface area (TPSA) is 86.2 Å². The maximum absolute atomic E-state index is 13.1. The molecule has 0 unspecified atom stereocenters. The molecule has 6 heteroatoms. The molecule has 1 aliphatic carbocycles. The SMILES string of the molecule is CS(=O)(=O)[C@@H]1[C@@H](c2cccc(F)c2)[C@@]1(N)CN. The van der Waals surface area contributed by atoms with Gasteiger partial charge >= 0.3 is 0 Å². The van der Waals surface area contributed by atoms with E-state index in [1.165, 1.54) is 12.1 Å². The molecule has 4 nitrogen and oxygen atoms in total. The third-order valence-electron chi connectivity index (χ3n) is 3.32. The van der Waals surface area contributed by atoms with E-state index < -0.39 is 32.4 Å². The summed E-state index contributed by atoms with van der Waals surface area (Å²) in [6.45, 7) is 0.0614. The maximum Gasteiger partial charge on any atom is 0.152 e. The Balaban J connectivity index is 2.41. The molecule has 1 aliphatic rings. The summed E-state index contributed by atoms with van der Waals surface area (Å²) in [5, 5.41) is -0.721. The number of halogens is 1. The third-order valence-corrected chi connectivity index (χ3v) is 4.96. The highest BCUT2D eigenvalue weighted by atomic mass is 32.2. The molecule has 0 spiro atoms. The van der Waals surface area contributed by atoms with Crippen LogP contribution in [0.5, 0.6) is 0 Å². The van der Waals surface area contributed by atoms with Crippen LogP contribution in [0.25, 0.3) is 0 Å². The van der Waals surface area contributed by atoms with Crippen molar-refractivity contribution in [2.45, 2.75) is 16.7 Å². The Morgan fingerprint density at radius 3 is 2.53 bits per heavy atom. The second-order valence-electron chi connectivity index (χ2n) is 4.60. The number of nitrogens with two attached hydrogens (primary N) is 2. The maximum atomic E-state index is 13.1. The zero-order chi connectivity index (χ0) is 12.8. The van der Waals surface area contributed by atoms with Gasteiger partial charge in [0.1, 0.15) is 5.82 Å². The highest BCUT2D eigenvalue weighted by Gasteiger charge is 2.67. The van der Waals surface area contributed by atoms with Crippen LogP contribution in [0.2, 0.25) is 0 Å². The first kappa shape index (κ1) is 12.5. The fourth-order valence-electron chi connectivity index (χ4n) is 2.50. The van der Waals surface area contributed by atoms with Crippen molar-refractivity contribution >= 4 is 9.84 Å².